The number of ether oxygens (including phenoxy) is 1. The Morgan fingerprint density at radius 3 is 2.24 bits per heavy atom. The van der Waals surface area contributed by atoms with Crippen LogP contribution in [0.25, 0.3) is 0 Å². The van der Waals surface area contributed by atoms with Crippen molar-refractivity contribution in [3.8, 4) is 0 Å². The van der Waals surface area contributed by atoms with Gasteiger partial charge in [0.05, 0.1) is 11.2 Å². The molecule has 2 nitrogen and oxygen atoms in total. The van der Waals surface area contributed by atoms with Crippen LogP contribution in [0.15, 0.2) is 0 Å². The fourth-order valence-corrected chi connectivity index (χ4v) is 3.68. The summed E-state index contributed by atoms with van der Waals surface area (Å²) in [5.74, 6) is 1.32. The molecular weight excluding hydrogens is 210 g/mol. The number of hydrogen-bond donors (Lipinski definition) is 1. The summed E-state index contributed by atoms with van der Waals surface area (Å²) in [6.45, 7) is 13.6. The Labute approximate surface area is 108 Å². The second-order valence-corrected chi connectivity index (χ2v) is 6.86. The summed E-state index contributed by atoms with van der Waals surface area (Å²) >= 11 is 0. The van der Waals surface area contributed by atoms with Gasteiger partial charge in [-0.1, -0.05) is 20.3 Å². The summed E-state index contributed by atoms with van der Waals surface area (Å²) in [6.07, 6.45) is 3.70. The van der Waals surface area contributed by atoms with Crippen LogP contribution in [-0.2, 0) is 4.74 Å². The van der Waals surface area contributed by atoms with E-state index in [1.807, 2.05) is 0 Å². The van der Waals surface area contributed by atoms with E-state index in [-0.39, 0.29) is 11.2 Å². The lowest BCUT2D eigenvalue weighted by molar-refractivity contribution is -0.0792. The zero-order valence-electron chi connectivity index (χ0n) is 12.8. The maximum atomic E-state index is 6.22. The third kappa shape index (κ3) is 3.45. The zero-order chi connectivity index (χ0) is 13.3. The average molecular weight is 241 g/mol. The van der Waals surface area contributed by atoms with E-state index in [9.17, 15) is 0 Å². The Morgan fingerprint density at radius 2 is 1.88 bits per heavy atom. The molecule has 102 valence electrons. The molecular formula is C15H31NO. The van der Waals surface area contributed by atoms with Crippen molar-refractivity contribution in [3.05, 3.63) is 0 Å². The molecule has 1 fully saturated rings. The fourth-order valence-electron chi connectivity index (χ4n) is 3.68. The summed E-state index contributed by atoms with van der Waals surface area (Å²) in [4.78, 5) is 0. The van der Waals surface area contributed by atoms with Crippen molar-refractivity contribution in [3.63, 3.8) is 0 Å². The zero-order valence-corrected chi connectivity index (χ0v) is 12.8. The van der Waals surface area contributed by atoms with Gasteiger partial charge in [-0.15, -0.1) is 0 Å². The molecule has 1 saturated heterocycles. The molecule has 3 atom stereocenters. The van der Waals surface area contributed by atoms with Gasteiger partial charge in [-0.3, -0.25) is 0 Å². The molecule has 0 aromatic rings. The Balaban J connectivity index is 2.82. The van der Waals surface area contributed by atoms with Gasteiger partial charge >= 0.3 is 0 Å². The van der Waals surface area contributed by atoms with Crippen molar-refractivity contribution in [1.82, 2.24) is 5.32 Å². The number of nitrogens with one attached hydrogen (secondary N) is 1. The summed E-state index contributed by atoms with van der Waals surface area (Å²) in [6, 6.07) is 0.562. The molecule has 1 heterocycles. The molecule has 1 N–H and O–H groups in total. The van der Waals surface area contributed by atoms with Crippen LogP contribution in [0.5, 0.6) is 0 Å². The highest BCUT2D eigenvalue weighted by Crippen LogP contribution is 2.45. The van der Waals surface area contributed by atoms with Gasteiger partial charge in [-0.05, 0) is 53.5 Å². The molecule has 3 unspecified atom stereocenters. The van der Waals surface area contributed by atoms with E-state index in [1.165, 1.54) is 12.8 Å². The van der Waals surface area contributed by atoms with Crippen LogP contribution in [0.3, 0.4) is 0 Å². The van der Waals surface area contributed by atoms with E-state index in [0.717, 1.165) is 6.42 Å². The Morgan fingerprint density at radius 1 is 1.29 bits per heavy atom. The van der Waals surface area contributed by atoms with Gasteiger partial charge in [0.25, 0.3) is 0 Å². The summed E-state index contributed by atoms with van der Waals surface area (Å²) in [5, 5.41) is 3.54. The largest absolute Gasteiger partial charge is 0.369 e. The van der Waals surface area contributed by atoms with Crippen molar-refractivity contribution < 1.29 is 4.74 Å². The smallest absolute Gasteiger partial charge is 0.0677 e. The maximum absolute atomic E-state index is 6.22. The minimum absolute atomic E-state index is 0.0147. The third-order valence-corrected chi connectivity index (χ3v) is 4.27. The molecule has 17 heavy (non-hydrogen) atoms. The maximum Gasteiger partial charge on any atom is 0.0677 e. The second kappa shape index (κ2) is 5.27. The highest BCUT2D eigenvalue weighted by molar-refractivity contribution is 5.00. The Hall–Kier alpha value is -0.0800. The van der Waals surface area contributed by atoms with Crippen LogP contribution in [0.1, 0.15) is 60.8 Å². The second-order valence-electron chi connectivity index (χ2n) is 6.86. The molecule has 0 amide bonds. The van der Waals surface area contributed by atoms with Crippen LogP contribution in [0.2, 0.25) is 0 Å². The van der Waals surface area contributed by atoms with Gasteiger partial charge in [-0.25, -0.2) is 0 Å². The van der Waals surface area contributed by atoms with Crippen LogP contribution >= 0.6 is 0 Å². The lowest BCUT2D eigenvalue weighted by Gasteiger charge is -2.36. The Bertz CT molecular complexity index is 247. The van der Waals surface area contributed by atoms with E-state index in [0.29, 0.717) is 17.9 Å². The van der Waals surface area contributed by atoms with E-state index in [4.69, 9.17) is 4.74 Å². The van der Waals surface area contributed by atoms with E-state index >= 15 is 0 Å². The van der Waals surface area contributed by atoms with E-state index in [1.54, 1.807) is 0 Å². The highest BCUT2D eigenvalue weighted by atomic mass is 16.5. The molecule has 1 aliphatic rings. The molecule has 2 heteroatoms. The monoisotopic (exact) mass is 241 g/mol. The van der Waals surface area contributed by atoms with Crippen LogP contribution in [0, 0.1) is 11.8 Å². The molecule has 1 rings (SSSR count). The molecule has 0 spiro atoms. The molecule has 0 aromatic carbocycles. The van der Waals surface area contributed by atoms with Gasteiger partial charge in [-0.2, -0.15) is 0 Å². The van der Waals surface area contributed by atoms with E-state index in [2.05, 4.69) is 53.9 Å². The van der Waals surface area contributed by atoms with Crippen molar-refractivity contribution in [2.45, 2.75) is 78.0 Å². The standard InChI is InChI=1S/C15H31NO/c1-8-9-11(2)13(16-7)12-10-14(3,4)17-15(12,5)6/h11-13,16H,8-10H2,1-7H3. The Kier molecular flexibility index (Phi) is 4.65. The first-order chi connectivity index (χ1) is 7.73. The molecule has 0 radical (unpaired) electrons. The lowest BCUT2D eigenvalue weighted by Crippen LogP contribution is -2.46. The molecule has 0 aliphatic carbocycles. The fraction of sp³-hybridized carbons (Fsp3) is 1.00. The van der Waals surface area contributed by atoms with Crippen molar-refractivity contribution in [2.75, 3.05) is 7.05 Å². The van der Waals surface area contributed by atoms with Gasteiger partial charge in [0.1, 0.15) is 0 Å². The van der Waals surface area contributed by atoms with Crippen LogP contribution in [-0.4, -0.2) is 24.3 Å². The summed E-state index contributed by atoms with van der Waals surface area (Å²) in [5.41, 5.74) is 0.00831. The first-order valence-electron chi connectivity index (χ1n) is 7.11. The summed E-state index contributed by atoms with van der Waals surface area (Å²) in [7, 11) is 2.10. The first kappa shape index (κ1) is 15.0. The molecule has 1 aliphatic heterocycles. The molecule has 0 aromatic heterocycles. The van der Waals surface area contributed by atoms with Gasteiger partial charge in [0.2, 0.25) is 0 Å². The molecule has 0 bridgehead atoms. The first-order valence-corrected chi connectivity index (χ1v) is 7.11. The van der Waals surface area contributed by atoms with Crippen molar-refractivity contribution in [2.24, 2.45) is 11.8 Å². The number of hydrogen-bond acceptors (Lipinski definition) is 2. The SMILES string of the molecule is CCCC(C)C(NC)C1CC(C)(C)OC1(C)C. The topological polar surface area (TPSA) is 21.3 Å². The van der Waals surface area contributed by atoms with Crippen LogP contribution < -0.4 is 5.32 Å². The number of rotatable bonds is 5. The third-order valence-electron chi connectivity index (χ3n) is 4.27. The predicted octanol–water partition coefficient (Wildman–Crippen LogP) is 3.60. The van der Waals surface area contributed by atoms with Gasteiger partial charge in [0, 0.05) is 12.0 Å². The minimum Gasteiger partial charge on any atom is -0.369 e. The average Bonchev–Trinajstić information content (AvgIpc) is 2.36. The quantitative estimate of drug-likeness (QED) is 0.794. The highest BCUT2D eigenvalue weighted by Gasteiger charge is 2.49. The minimum atomic E-state index is -0.0147. The lowest BCUT2D eigenvalue weighted by atomic mass is 9.76. The predicted molar refractivity (Wildman–Crippen MR) is 74.3 cm³/mol. The van der Waals surface area contributed by atoms with Gasteiger partial charge in [0.15, 0.2) is 0 Å². The van der Waals surface area contributed by atoms with Gasteiger partial charge < -0.3 is 10.1 Å². The van der Waals surface area contributed by atoms with Crippen LogP contribution in [0.4, 0.5) is 0 Å². The molecule has 0 saturated carbocycles. The normalized spacial score (nSPS) is 30.2. The van der Waals surface area contributed by atoms with Crippen molar-refractivity contribution in [1.29, 1.82) is 0 Å². The van der Waals surface area contributed by atoms with E-state index < -0.39 is 0 Å². The van der Waals surface area contributed by atoms with Crippen molar-refractivity contribution >= 4 is 0 Å². The summed E-state index contributed by atoms with van der Waals surface area (Å²) < 4.78 is 6.22.